The van der Waals surface area contributed by atoms with Gasteiger partial charge in [-0.25, -0.2) is 4.39 Å². The fourth-order valence-corrected chi connectivity index (χ4v) is 2.95. The van der Waals surface area contributed by atoms with Crippen molar-refractivity contribution in [2.45, 2.75) is 25.5 Å². The van der Waals surface area contributed by atoms with Crippen molar-refractivity contribution in [1.82, 2.24) is 10.2 Å². The minimum absolute atomic E-state index is 0.104. The second kappa shape index (κ2) is 7.89. The van der Waals surface area contributed by atoms with Gasteiger partial charge in [0.25, 0.3) is 5.91 Å². The lowest BCUT2D eigenvalue weighted by molar-refractivity contribution is 0.0884. The normalized spacial score (nSPS) is 16.0. The molecule has 0 aliphatic carbocycles. The van der Waals surface area contributed by atoms with Gasteiger partial charge in [-0.3, -0.25) is 4.79 Å². The first-order valence-corrected chi connectivity index (χ1v) is 8.55. The number of ether oxygens (including phenoxy) is 1. The Bertz CT molecular complexity index is 742. The number of nitrogens with one attached hydrogen (secondary N) is 1. The topological polar surface area (TPSA) is 54.7 Å². The maximum atomic E-state index is 13.0. The van der Waals surface area contributed by atoms with Crippen LogP contribution in [0.3, 0.4) is 0 Å². The summed E-state index contributed by atoms with van der Waals surface area (Å²) in [5.74, 6) is 0.456. The van der Waals surface area contributed by atoms with Crippen molar-refractivity contribution in [2.75, 3.05) is 20.1 Å². The van der Waals surface area contributed by atoms with Gasteiger partial charge in [0.1, 0.15) is 23.9 Å². The van der Waals surface area contributed by atoms with Crippen LogP contribution in [0, 0.1) is 5.82 Å². The van der Waals surface area contributed by atoms with E-state index < -0.39 is 5.82 Å². The summed E-state index contributed by atoms with van der Waals surface area (Å²) in [5, 5.41) is 3.18. The van der Waals surface area contributed by atoms with Crippen LogP contribution in [-0.2, 0) is 6.61 Å². The van der Waals surface area contributed by atoms with E-state index in [2.05, 4.69) is 17.3 Å². The number of furan rings is 1. The van der Waals surface area contributed by atoms with E-state index in [-0.39, 0.29) is 29.3 Å². The quantitative estimate of drug-likeness (QED) is 0.880. The summed E-state index contributed by atoms with van der Waals surface area (Å²) in [7, 11) is 2.07. The van der Waals surface area contributed by atoms with Crippen LogP contribution >= 0.6 is 11.6 Å². The molecule has 7 heteroatoms. The average Bonchev–Trinajstić information content (AvgIpc) is 3.05. The molecule has 25 heavy (non-hydrogen) atoms. The number of nitrogens with zero attached hydrogens (tertiary/aromatic N) is 1. The number of benzene rings is 1. The van der Waals surface area contributed by atoms with E-state index in [0.717, 1.165) is 25.9 Å². The van der Waals surface area contributed by atoms with Crippen molar-refractivity contribution in [3.8, 4) is 5.75 Å². The van der Waals surface area contributed by atoms with Crippen molar-refractivity contribution < 1.29 is 18.3 Å². The SMILES string of the molecule is CN1CCC(NC(=O)c2ccc(COc3ccc(F)cc3Cl)o2)CC1. The molecular weight excluding hydrogens is 347 g/mol. The Morgan fingerprint density at radius 1 is 1.36 bits per heavy atom. The molecule has 1 fully saturated rings. The molecule has 2 aromatic rings. The van der Waals surface area contributed by atoms with Gasteiger partial charge in [0.05, 0.1) is 5.02 Å². The molecule has 134 valence electrons. The van der Waals surface area contributed by atoms with Gasteiger partial charge in [-0.05, 0) is 63.3 Å². The van der Waals surface area contributed by atoms with Crippen molar-refractivity contribution in [3.63, 3.8) is 0 Å². The Morgan fingerprint density at radius 2 is 2.12 bits per heavy atom. The number of piperidine rings is 1. The van der Waals surface area contributed by atoms with Crippen LogP contribution in [0.2, 0.25) is 5.02 Å². The maximum Gasteiger partial charge on any atom is 0.287 e. The summed E-state index contributed by atoms with van der Waals surface area (Å²) in [4.78, 5) is 14.5. The second-order valence-corrected chi connectivity index (χ2v) is 6.59. The predicted octanol–water partition coefficient (Wildman–Crippen LogP) is 3.48. The van der Waals surface area contributed by atoms with Crippen molar-refractivity contribution >= 4 is 17.5 Å². The molecule has 0 saturated carbocycles. The number of carbonyl (C=O) groups is 1. The van der Waals surface area contributed by atoms with Gasteiger partial charge >= 0.3 is 0 Å². The van der Waals surface area contributed by atoms with Crippen molar-refractivity contribution in [1.29, 1.82) is 0 Å². The highest BCUT2D eigenvalue weighted by Crippen LogP contribution is 2.26. The lowest BCUT2D eigenvalue weighted by Gasteiger charge is -2.29. The largest absolute Gasteiger partial charge is 0.484 e. The summed E-state index contributed by atoms with van der Waals surface area (Å²) >= 11 is 5.91. The third kappa shape index (κ3) is 4.74. The van der Waals surface area contributed by atoms with Gasteiger partial charge in [-0.2, -0.15) is 0 Å². The number of rotatable bonds is 5. The molecule has 1 aromatic carbocycles. The molecular formula is C18H20ClFN2O3. The Morgan fingerprint density at radius 3 is 2.84 bits per heavy atom. The molecule has 0 atom stereocenters. The summed E-state index contributed by atoms with van der Waals surface area (Å²) < 4.78 is 24.0. The van der Waals surface area contributed by atoms with Crippen LogP contribution in [0.5, 0.6) is 5.75 Å². The van der Waals surface area contributed by atoms with Gasteiger partial charge in [-0.1, -0.05) is 11.6 Å². The van der Waals surface area contributed by atoms with E-state index in [1.807, 2.05) is 0 Å². The number of halogens is 2. The van der Waals surface area contributed by atoms with Gasteiger partial charge in [-0.15, -0.1) is 0 Å². The number of likely N-dealkylation sites (tertiary alicyclic amines) is 1. The highest BCUT2D eigenvalue weighted by Gasteiger charge is 2.20. The molecule has 1 aliphatic heterocycles. The molecule has 3 rings (SSSR count). The second-order valence-electron chi connectivity index (χ2n) is 6.18. The fraction of sp³-hybridized carbons (Fsp3) is 0.389. The van der Waals surface area contributed by atoms with E-state index in [4.69, 9.17) is 20.8 Å². The highest BCUT2D eigenvalue weighted by molar-refractivity contribution is 6.32. The van der Waals surface area contributed by atoms with Crippen molar-refractivity contribution in [2.24, 2.45) is 0 Å². The summed E-state index contributed by atoms with van der Waals surface area (Å²) in [6.45, 7) is 2.05. The summed E-state index contributed by atoms with van der Waals surface area (Å²) in [6, 6.07) is 7.37. The zero-order chi connectivity index (χ0) is 17.8. The molecule has 1 aliphatic rings. The molecule has 0 spiro atoms. The van der Waals surface area contributed by atoms with Crippen LogP contribution in [0.1, 0.15) is 29.2 Å². The molecule has 5 nitrogen and oxygen atoms in total. The zero-order valence-electron chi connectivity index (χ0n) is 13.9. The summed E-state index contributed by atoms with van der Waals surface area (Å²) in [5.41, 5.74) is 0. The number of amides is 1. The minimum atomic E-state index is -0.428. The van der Waals surface area contributed by atoms with Crippen LogP contribution in [0.25, 0.3) is 0 Å². The average molecular weight is 367 g/mol. The summed E-state index contributed by atoms with van der Waals surface area (Å²) in [6.07, 6.45) is 1.87. The fourth-order valence-electron chi connectivity index (χ4n) is 2.73. The zero-order valence-corrected chi connectivity index (χ0v) is 14.7. The van der Waals surface area contributed by atoms with E-state index in [1.54, 1.807) is 12.1 Å². The molecule has 1 aromatic heterocycles. The van der Waals surface area contributed by atoms with Gasteiger partial charge in [0, 0.05) is 6.04 Å². The van der Waals surface area contributed by atoms with Gasteiger partial charge in [0.15, 0.2) is 5.76 Å². The van der Waals surface area contributed by atoms with Crippen LogP contribution in [0.4, 0.5) is 4.39 Å². The third-order valence-corrected chi connectivity index (χ3v) is 4.50. The number of carbonyl (C=O) groups excluding carboxylic acids is 1. The number of hydrogen-bond donors (Lipinski definition) is 1. The molecule has 0 unspecified atom stereocenters. The van der Waals surface area contributed by atoms with Crippen LogP contribution in [-0.4, -0.2) is 37.0 Å². The minimum Gasteiger partial charge on any atom is -0.484 e. The molecule has 1 saturated heterocycles. The van der Waals surface area contributed by atoms with E-state index in [1.165, 1.54) is 18.2 Å². The first kappa shape index (κ1) is 17.8. The molecule has 0 bridgehead atoms. The van der Waals surface area contributed by atoms with Crippen molar-refractivity contribution in [3.05, 3.63) is 52.7 Å². The van der Waals surface area contributed by atoms with Gasteiger partial charge < -0.3 is 19.4 Å². The lowest BCUT2D eigenvalue weighted by atomic mass is 10.1. The third-order valence-electron chi connectivity index (χ3n) is 4.20. The highest BCUT2D eigenvalue weighted by atomic mass is 35.5. The predicted molar refractivity (Wildman–Crippen MR) is 92.4 cm³/mol. The standard InChI is InChI=1S/C18H20ClFN2O3/c1-22-8-6-13(7-9-22)21-18(23)17-5-3-14(25-17)11-24-16-4-2-12(20)10-15(16)19/h2-5,10,13H,6-9,11H2,1H3,(H,21,23). The Kier molecular flexibility index (Phi) is 5.60. The van der Waals surface area contributed by atoms with E-state index >= 15 is 0 Å². The van der Waals surface area contributed by atoms with E-state index in [9.17, 15) is 9.18 Å². The lowest BCUT2D eigenvalue weighted by Crippen LogP contribution is -2.43. The Labute approximate surface area is 150 Å². The number of hydrogen-bond acceptors (Lipinski definition) is 4. The maximum absolute atomic E-state index is 13.0. The molecule has 1 amide bonds. The molecule has 2 heterocycles. The Balaban J connectivity index is 1.54. The molecule has 0 radical (unpaired) electrons. The first-order valence-electron chi connectivity index (χ1n) is 8.17. The smallest absolute Gasteiger partial charge is 0.287 e. The van der Waals surface area contributed by atoms with Crippen LogP contribution < -0.4 is 10.1 Å². The van der Waals surface area contributed by atoms with Gasteiger partial charge in [0.2, 0.25) is 0 Å². The van der Waals surface area contributed by atoms with E-state index in [0.29, 0.717) is 11.5 Å². The Hall–Kier alpha value is -2.05. The van der Waals surface area contributed by atoms with Crippen LogP contribution in [0.15, 0.2) is 34.7 Å². The first-order chi connectivity index (χ1) is 12.0. The molecule has 1 N–H and O–H groups in total. The monoisotopic (exact) mass is 366 g/mol.